The zero-order chi connectivity index (χ0) is 23.5. The van der Waals surface area contributed by atoms with Gasteiger partial charge in [0.1, 0.15) is 11.5 Å². The number of para-hydroxylation sites is 1. The minimum atomic E-state index is -0.367. The fourth-order valence-electron chi connectivity index (χ4n) is 4.51. The van der Waals surface area contributed by atoms with Crippen LogP contribution in [0.15, 0.2) is 71.8 Å². The predicted molar refractivity (Wildman–Crippen MR) is 132 cm³/mol. The van der Waals surface area contributed by atoms with E-state index in [9.17, 15) is 0 Å². The van der Waals surface area contributed by atoms with Gasteiger partial charge in [0.2, 0.25) is 6.23 Å². The zero-order valence-corrected chi connectivity index (χ0v) is 19.9. The predicted octanol–water partition coefficient (Wildman–Crippen LogP) is 6.13. The Bertz CT molecular complexity index is 1180. The van der Waals surface area contributed by atoms with E-state index >= 15 is 0 Å². The van der Waals surface area contributed by atoms with Crippen LogP contribution in [-0.2, 0) is 0 Å². The molecule has 0 saturated carbocycles. The third kappa shape index (κ3) is 4.16. The molecular weight excluding hydrogens is 428 g/mol. The Balaban J connectivity index is 1.47. The van der Waals surface area contributed by atoms with Crippen molar-refractivity contribution in [2.24, 2.45) is 5.10 Å². The van der Waals surface area contributed by atoms with Gasteiger partial charge in [-0.3, -0.25) is 0 Å². The third-order valence-corrected chi connectivity index (χ3v) is 6.35. The van der Waals surface area contributed by atoms with E-state index in [1.165, 1.54) is 0 Å². The topological polar surface area (TPSA) is 52.5 Å². The van der Waals surface area contributed by atoms with E-state index in [-0.39, 0.29) is 12.3 Å². The molecule has 0 saturated heterocycles. The molecule has 3 aromatic rings. The van der Waals surface area contributed by atoms with Crippen molar-refractivity contribution in [3.8, 4) is 23.0 Å². The summed E-state index contributed by atoms with van der Waals surface area (Å²) in [4.78, 5) is 0. The van der Waals surface area contributed by atoms with Crippen LogP contribution in [0.25, 0.3) is 0 Å². The van der Waals surface area contributed by atoms with Crippen molar-refractivity contribution < 1.29 is 18.9 Å². The summed E-state index contributed by atoms with van der Waals surface area (Å²) in [6.45, 7) is 2.91. The van der Waals surface area contributed by atoms with E-state index < -0.39 is 0 Å². The molecule has 2 aliphatic heterocycles. The molecule has 0 aliphatic carbocycles. The minimum Gasteiger partial charge on any atom is -0.494 e. The molecule has 0 N–H and O–H groups in total. The monoisotopic (exact) mass is 458 g/mol. The number of rotatable bonds is 8. The lowest BCUT2D eigenvalue weighted by Crippen LogP contribution is -2.33. The molecule has 0 spiro atoms. The average molecular weight is 459 g/mol. The Kier molecular flexibility index (Phi) is 6.30. The Morgan fingerprint density at radius 3 is 2.53 bits per heavy atom. The molecule has 0 aromatic heterocycles. The Labute approximate surface area is 200 Å². The van der Waals surface area contributed by atoms with Crippen LogP contribution in [0.2, 0.25) is 0 Å². The van der Waals surface area contributed by atoms with Crippen LogP contribution < -0.4 is 18.9 Å². The first-order chi connectivity index (χ1) is 16.7. The second-order valence-electron chi connectivity index (χ2n) is 8.50. The number of hydrogen-bond donors (Lipinski definition) is 0. The van der Waals surface area contributed by atoms with Crippen molar-refractivity contribution in [2.75, 3.05) is 20.8 Å². The van der Waals surface area contributed by atoms with Crippen molar-refractivity contribution in [1.82, 2.24) is 5.01 Å². The van der Waals surface area contributed by atoms with Gasteiger partial charge >= 0.3 is 0 Å². The van der Waals surface area contributed by atoms with Crippen molar-refractivity contribution >= 4 is 5.71 Å². The van der Waals surface area contributed by atoms with E-state index in [2.05, 4.69) is 36.2 Å². The molecule has 6 nitrogen and oxygen atoms in total. The van der Waals surface area contributed by atoms with Crippen LogP contribution in [0.4, 0.5) is 0 Å². The summed E-state index contributed by atoms with van der Waals surface area (Å²) in [6.07, 6.45) is 2.62. The normalized spacial score (nSPS) is 18.4. The van der Waals surface area contributed by atoms with Gasteiger partial charge < -0.3 is 18.9 Å². The number of nitrogens with zero attached hydrogens (tertiary/aromatic N) is 2. The van der Waals surface area contributed by atoms with Gasteiger partial charge in [0.05, 0.1) is 32.6 Å². The molecule has 0 unspecified atom stereocenters. The maximum absolute atomic E-state index is 6.47. The summed E-state index contributed by atoms with van der Waals surface area (Å²) in [5, 5.41) is 7.13. The quantitative estimate of drug-likeness (QED) is 0.380. The number of unbranched alkanes of at least 4 members (excludes halogenated alkanes) is 1. The van der Waals surface area contributed by atoms with Crippen LogP contribution in [0, 0.1) is 0 Å². The van der Waals surface area contributed by atoms with Gasteiger partial charge in [-0.2, -0.15) is 5.10 Å². The second-order valence-corrected chi connectivity index (χ2v) is 8.50. The van der Waals surface area contributed by atoms with E-state index in [0.717, 1.165) is 59.8 Å². The molecule has 0 radical (unpaired) electrons. The molecule has 0 amide bonds. The van der Waals surface area contributed by atoms with Gasteiger partial charge in [-0.15, -0.1) is 0 Å². The largest absolute Gasteiger partial charge is 0.494 e. The highest BCUT2D eigenvalue weighted by Crippen LogP contribution is 2.48. The first-order valence-corrected chi connectivity index (χ1v) is 11.8. The van der Waals surface area contributed by atoms with Gasteiger partial charge in [0, 0.05) is 17.5 Å². The number of hydrogen-bond acceptors (Lipinski definition) is 6. The molecule has 2 atom stereocenters. The highest BCUT2D eigenvalue weighted by Gasteiger charge is 2.41. The summed E-state index contributed by atoms with van der Waals surface area (Å²) in [5.74, 6) is 3.14. The zero-order valence-electron chi connectivity index (χ0n) is 19.9. The molecule has 5 rings (SSSR count). The van der Waals surface area contributed by atoms with E-state index in [0.29, 0.717) is 11.5 Å². The lowest BCUT2D eigenvalue weighted by atomic mass is 9.96. The summed E-state index contributed by atoms with van der Waals surface area (Å²) < 4.78 is 23.3. The van der Waals surface area contributed by atoms with Crippen molar-refractivity contribution in [3.63, 3.8) is 0 Å². The van der Waals surface area contributed by atoms with Crippen molar-refractivity contribution in [2.45, 2.75) is 38.5 Å². The number of ether oxygens (including phenoxy) is 4. The molecular formula is C28H30N2O4. The van der Waals surface area contributed by atoms with Crippen LogP contribution >= 0.6 is 0 Å². The number of methoxy groups -OCH3 is 2. The number of benzene rings is 3. The van der Waals surface area contributed by atoms with Crippen molar-refractivity contribution in [3.05, 3.63) is 83.4 Å². The van der Waals surface area contributed by atoms with Crippen molar-refractivity contribution in [1.29, 1.82) is 0 Å². The standard InChI is InChI=1S/C28H30N2O4/c1-4-5-16-33-21-13-10-19(11-14-21)23-18-24-22-8-6-7-9-25(22)34-28(30(24)29-23)20-12-15-26(31-2)27(17-20)32-3/h6-15,17,24,28H,4-5,16,18H2,1-3H3/t24-,28-/m1/s1. The van der Waals surface area contributed by atoms with E-state index in [1.54, 1.807) is 14.2 Å². The highest BCUT2D eigenvalue weighted by molar-refractivity contribution is 6.02. The second kappa shape index (κ2) is 9.67. The summed E-state index contributed by atoms with van der Waals surface area (Å²) in [5.41, 5.74) is 4.25. The van der Waals surface area contributed by atoms with E-state index in [1.807, 2.05) is 42.5 Å². The maximum atomic E-state index is 6.47. The summed E-state index contributed by atoms with van der Waals surface area (Å²) in [6, 6.07) is 22.4. The fraction of sp³-hybridized carbons (Fsp3) is 0.321. The van der Waals surface area contributed by atoms with Crippen LogP contribution in [-0.4, -0.2) is 31.5 Å². The van der Waals surface area contributed by atoms with Crippen LogP contribution in [0.5, 0.6) is 23.0 Å². The van der Waals surface area contributed by atoms with Crippen LogP contribution in [0.3, 0.4) is 0 Å². The molecule has 3 aromatic carbocycles. The third-order valence-electron chi connectivity index (χ3n) is 6.35. The van der Waals surface area contributed by atoms with E-state index in [4.69, 9.17) is 24.0 Å². The Morgan fingerprint density at radius 2 is 1.76 bits per heavy atom. The average Bonchev–Trinajstić information content (AvgIpc) is 3.34. The molecule has 0 fully saturated rings. The first kappa shape index (κ1) is 22.1. The van der Waals surface area contributed by atoms with Gasteiger partial charge in [-0.25, -0.2) is 5.01 Å². The number of fused-ring (bicyclic) bond motifs is 3. The minimum absolute atomic E-state index is 0.0959. The Morgan fingerprint density at radius 1 is 0.971 bits per heavy atom. The highest BCUT2D eigenvalue weighted by atomic mass is 16.5. The maximum Gasteiger partial charge on any atom is 0.214 e. The number of hydrazone groups is 1. The van der Waals surface area contributed by atoms with Gasteiger partial charge in [0.25, 0.3) is 0 Å². The molecule has 6 heteroatoms. The first-order valence-electron chi connectivity index (χ1n) is 11.8. The van der Waals surface area contributed by atoms with Gasteiger partial charge in [-0.05, 0) is 60.5 Å². The summed E-state index contributed by atoms with van der Waals surface area (Å²) >= 11 is 0. The molecule has 2 heterocycles. The summed E-state index contributed by atoms with van der Waals surface area (Å²) in [7, 11) is 3.28. The van der Waals surface area contributed by atoms with Crippen LogP contribution in [0.1, 0.15) is 55.1 Å². The lowest BCUT2D eigenvalue weighted by Gasteiger charge is -2.38. The molecule has 34 heavy (non-hydrogen) atoms. The molecule has 0 bridgehead atoms. The molecule has 176 valence electrons. The SMILES string of the molecule is CCCCOc1ccc(C2=NN3[C@H](C2)c2ccccc2O[C@@H]3c2ccc(OC)c(OC)c2)cc1. The Hall–Kier alpha value is -3.67. The van der Waals surface area contributed by atoms with Gasteiger partial charge in [-0.1, -0.05) is 31.5 Å². The lowest BCUT2D eigenvalue weighted by molar-refractivity contribution is -0.0191. The van der Waals surface area contributed by atoms with Gasteiger partial charge in [0.15, 0.2) is 11.5 Å². The fourth-order valence-corrected chi connectivity index (χ4v) is 4.51. The smallest absolute Gasteiger partial charge is 0.214 e. The molecule has 2 aliphatic rings.